The van der Waals surface area contributed by atoms with Gasteiger partial charge in [-0.3, -0.25) is 4.79 Å². The van der Waals surface area contributed by atoms with E-state index >= 15 is 0 Å². The van der Waals surface area contributed by atoms with E-state index in [1.165, 1.54) is 8.61 Å². The molecular formula is C19H30N4O4S. The maximum absolute atomic E-state index is 13.0. The Morgan fingerprint density at radius 3 is 2.21 bits per heavy atom. The van der Waals surface area contributed by atoms with E-state index in [9.17, 15) is 13.2 Å². The second-order valence-electron chi connectivity index (χ2n) is 7.72. The Kier molecular flexibility index (Phi) is 6.28. The Balaban J connectivity index is 1.64. The molecule has 156 valence electrons. The molecule has 0 spiro atoms. The van der Waals surface area contributed by atoms with Crippen molar-refractivity contribution >= 4 is 21.8 Å². The van der Waals surface area contributed by atoms with E-state index in [0.717, 1.165) is 5.69 Å². The van der Waals surface area contributed by atoms with Gasteiger partial charge in [-0.1, -0.05) is 6.07 Å². The molecule has 1 aromatic rings. The number of anilines is 1. The molecule has 0 bridgehead atoms. The second-order valence-corrected chi connectivity index (χ2v) is 9.65. The number of amides is 1. The molecule has 8 nitrogen and oxygen atoms in total. The number of carbonyl (C=O) groups is 1. The molecule has 0 N–H and O–H groups in total. The number of nitrogens with zero attached hydrogens (tertiary/aromatic N) is 4. The first-order chi connectivity index (χ1) is 13.2. The van der Waals surface area contributed by atoms with E-state index in [0.29, 0.717) is 44.8 Å². The van der Waals surface area contributed by atoms with Crippen molar-refractivity contribution in [1.82, 2.24) is 13.5 Å². The highest BCUT2D eigenvalue weighted by atomic mass is 32.2. The first-order valence-electron chi connectivity index (χ1n) is 9.66. The fraction of sp³-hybridized carbons (Fsp3) is 0.632. The topological polar surface area (TPSA) is 73.4 Å². The Bertz CT molecular complexity index is 796. The minimum atomic E-state index is -3.54. The van der Waals surface area contributed by atoms with Crippen LogP contribution in [-0.4, -0.2) is 93.4 Å². The molecular weight excluding hydrogens is 380 g/mol. The summed E-state index contributed by atoms with van der Waals surface area (Å²) in [5, 5.41) is 0. The lowest BCUT2D eigenvalue weighted by molar-refractivity contribution is -0.0457. The average Bonchev–Trinajstić information content (AvgIpc) is 2.67. The Morgan fingerprint density at radius 1 is 1.04 bits per heavy atom. The summed E-state index contributed by atoms with van der Waals surface area (Å²) in [6, 6.07) is 7.48. The van der Waals surface area contributed by atoms with E-state index in [4.69, 9.17) is 4.74 Å². The highest BCUT2D eigenvalue weighted by Crippen LogP contribution is 2.20. The summed E-state index contributed by atoms with van der Waals surface area (Å²) in [4.78, 5) is 16.5. The van der Waals surface area contributed by atoms with E-state index in [2.05, 4.69) is 0 Å². The van der Waals surface area contributed by atoms with Gasteiger partial charge in [0.25, 0.3) is 16.1 Å². The van der Waals surface area contributed by atoms with Crippen LogP contribution in [0.25, 0.3) is 0 Å². The highest BCUT2D eigenvalue weighted by molar-refractivity contribution is 7.86. The number of hydrogen-bond donors (Lipinski definition) is 0. The van der Waals surface area contributed by atoms with Crippen LogP contribution in [0.15, 0.2) is 24.3 Å². The predicted molar refractivity (Wildman–Crippen MR) is 109 cm³/mol. The molecule has 0 aliphatic carbocycles. The summed E-state index contributed by atoms with van der Waals surface area (Å²) in [6.07, 6.45) is -0.240. The zero-order valence-corrected chi connectivity index (χ0v) is 17.9. The van der Waals surface area contributed by atoms with Gasteiger partial charge >= 0.3 is 0 Å². The number of morpholine rings is 1. The SMILES string of the molecule is C[C@@H]1CN(S(=O)(=O)N2CCN(C(=O)c3cccc(N(C)C)c3)CC2)C[C@H](C)O1. The first-order valence-corrected chi connectivity index (χ1v) is 11.1. The average molecular weight is 411 g/mol. The highest BCUT2D eigenvalue weighted by Gasteiger charge is 2.37. The molecule has 2 aliphatic heterocycles. The maximum atomic E-state index is 13.0. The first kappa shape index (κ1) is 21.0. The summed E-state index contributed by atoms with van der Waals surface area (Å²) >= 11 is 0. The van der Waals surface area contributed by atoms with Crippen LogP contribution < -0.4 is 4.90 Å². The summed E-state index contributed by atoms with van der Waals surface area (Å²) in [5.74, 6) is -0.0608. The fourth-order valence-electron chi connectivity index (χ4n) is 3.70. The third-order valence-electron chi connectivity index (χ3n) is 5.17. The van der Waals surface area contributed by atoms with Gasteiger partial charge in [0.1, 0.15) is 0 Å². The second kappa shape index (κ2) is 8.36. The lowest BCUT2D eigenvalue weighted by Gasteiger charge is -2.40. The van der Waals surface area contributed by atoms with Crippen molar-refractivity contribution in [3.8, 4) is 0 Å². The number of piperazine rings is 1. The molecule has 0 unspecified atom stereocenters. The van der Waals surface area contributed by atoms with Crippen LogP contribution in [0, 0.1) is 0 Å². The smallest absolute Gasteiger partial charge is 0.282 e. The molecule has 28 heavy (non-hydrogen) atoms. The van der Waals surface area contributed by atoms with Crippen LogP contribution in [0.3, 0.4) is 0 Å². The van der Waals surface area contributed by atoms with Crippen LogP contribution in [0.5, 0.6) is 0 Å². The van der Waals surface area contributed by atoms with Crippen LogP contribution in [0.2, 0.25) is 0 Å². The molecule has 0 aromatic heterocycles. The summed E-state index contributed by atoms with van der Waals surface area (Å²) in [5.41, 5.74) is 1.58. The van der Waals surface area contributed by atoms with E-state index in [-0.39, 0.29) is 18.1 Å². The number of rotatable bonds is 4. The molecule has 2 saturated heterocycles. The maximum Gasteiger partial charge on any atom is 0.282 e. The standard InChI is InChI=1S/C19H30N4O4S/c1-15-13-23(14-16(2)27-15)28(25,26)22-10-8-21(9-11-22)19(24)17-6-5-7-18(12-17)20(3)4/h5-7,12,15-16H,8-11,13-14H2,1-4H3/t15-,16+. The van der Waals surface area contributed by atoms with Gasteiger partial charge in [-0.05, 0) is 32.0 Å². The van der Waals surface area contributed by atoms with Gasteiger partial charge in [0, 0.05) is 64.6 Å². The van der Waals surface area contributed by atoms with E-state index in [1.54, 1.807) is 11.0 Å². The molecule has 1 amide bonds. The van der Waals surface area contributed by atoms with Crippen molar-refractivity contribution < 1.29 is 17.9 Å². The third kappa shape index (κ3) is 4.48. The van der Waals surface area contributed by atoms with Crippen molar-refractivity contribution in [3.63, 3.8) is 0 Å². The number of carbonyl (C=O) groups excluding carboxylic acids is 1. The molecule has 0 saturated carbocycles. The molecule has 0 radical (unpaired) electrons. The third-order valence-corrected chi connectivity index (χ3v) is 7.14. The van der Waals surface area contributed by atoms with Crippen molar-refractivity contribution in [1.29, 1.82) is 0 Å². The van der Waals surface area contributed by atoms with E-state index in [1.807, 2.05) is 51.0 Å². The molecule has 2 fully saturated rings. The number of hydrogen-bond acceptors (Lipinski definition) is 5. The Labute approximate surface area is 167 Å². The van der Waals surface area contributed by atoms with Gasteiger partial charge < -0.3 is 14.5 Å². The summed E-state index contributed by atoms with van der Waals surface area (Å²) in [6.45, 7) is 5.89. The van der Waals surface area contributed by atoms with Gasteiger partial charge in [-0.15, -0.1) is 0 Å². The lowest BCUT2D eigenvalue weighted by atomic mass is 10.1. The molecule has 3 rings (SSSR count). The molecule has 2 atom stereocenters. The summed E-state index contributed by atoms with van der Waals surface area (Å²) < 4.78 is 34.6. The minimum absolute atomic E-state index is 0.0608. The molecule has 2 aliphatic rings. The van der Waals surface area contributed by atoms with Crippen LogP contribution in [-0.2, 0) is 14.9 Å². The number of ether oxygens (including phenoxy) is 1. The number of benzene rings is 1. The zero-order chi connectivity index (χ0) is 20.5. The minimum Gasteiger partial charge on any atom is -0.378 e. The van der Waals surface area contributed by atoms with Crippen molar-refractivity contribution in [3.05, 3.63) is 29.8 Å². The molecule has 1 aromatic carbocycles. The van der Waals surface area contributed by atoms with Gasteiger partial charge in [-0.2, -0.15) is 17.0 Å². The quantitative estimate of drug-likeness (QED) is 0.736. The van der Waals surface area contributed by atoms with Gasteiger partial charge in [-0.25, -0.2) is 0 Å². The molecule has 2 heterocycles. The zero-order valence-electron chi connectivity index (χ0n) is 17.0. The van der Waals surface area contributed by atoms with Gasteiger partial charge in [0.05, 0.1) is 12.2 Å². The van der Waals surface area contributed by atoms with Gasteiger partial charge in [0.15, 0.2) is 0 Å². The van der Waals surface area contributed by atoms with Crippen LogP contribution >= 0.6 is 0 Å². The lowest BCUT2D eigenvalue weighted by Crippen LogP contribution is -2.57. The van der Waals surface area contributed by atoms with Crippen molar-refractivity contribution in [2.45, 2.75) is 26.1 Å². The van der Waals surface area contributed by atoms with Crippen LogP contribution in [0.4, 0.5) is 5.69 Å². The van der Waals surface area contributed by atoms with Crippen molar-refractivity contribution in [2.24, 2.45) is 0 Å². The molecule has 9 heteroatoms. The fourth-order valence-corrected chi connectivity index (χ4v) is 5.45. The van der Waals surface area contributed by atoms with Gasteiger partial charge in [0.2, 0.25) is 0 Å². The Hall–Kier alpha value is -1.68. The van der Waals surface area contributed by atoms with E-state index < -0.39 is 10.2 Å². The largest absolute Gasteiger partial charge is 0.378 e. The Morgan fingerprint density at radius 2 is 1.64 bits per heavy atom. The van der Waals surface area contributed by atoms with Crippen molar-refractivity contribution in [2.75, 3.05) is 58.3 Å². The predicted octanol–water partition coefficient (Wildman–Crippen LogP) is 0.864. The monoisotopic (exact) mass is 410 g/mol. The summed E-state index contributed by atoms with van der Waals surface area (Å²) in [7, 11) is 0.322. The normalized spacial score (nSPS) is 24.9. The van der Waals surface area contributed by atoms with Crippen LogP contribution in [0.1, 0.15) is 24.2 Å².